The van der Waals surface area contributed by atoms with Gasteiger partial charge in [0.15, 0.2) is 0 Å². The monoisotopic (exact) mass is 348 g/mol. The molecule has 110 valence electrons. The minimum Gasteiger partial charge on any atom is -0.492 e. The van der Waals surface area contributed by atoms with Gasteiger partial charge >= 0.3 is 0 Å². The fourth-order valence-corrected chi connectivity index (χ4v) is 2.21. The summed E-state index contributed by atoms with van der Waals surface area (Å²) in [7, 11) is 1.75. The zero-order valence-corrected chi connectivity index (χ0v) is 13.6. The second-order valence-corrected chi connectivity index (χ2v) is 5.48. The fraction of sp³-hybridized carbons (Fsp3) is 0.250. The van der Waals surface area contributed by atoms with Crippen LogP contribution in [0.1, 0.15) is 15.9 Å². The van der Waals surface area contributed by atoms with E-state index in [1.807, 2.05) is 31.2 Å². The number of hydrogen-bond donors (Lipinski definition) is 0. The van der Waals surface area contributed by atoms with Crippen LogP contribution >= 0.6 is 15.9 Å². The molecule has 4 nitrogen and oxygen atoms in total. The number of nitrogens with zero attached hydrogens (tertiary/aromatic N) is 2. The van der Waals surface area contributed by atoms with Crippen LogP contribution in [0.25, 0.3) is 0 Å². The van der Waals surface area contributed by atoms with Gasteiger partial charge in [0.25, 0.3) is 5.91 Å². The lowest BCUT2D eigenvalue weighted by molar-refractivity contribution is 0.0772. The van der Waals surface area contributed by atoms with Gasteiger partial charge in [0.1, 0.15) is 17.0 Å². The quantitative estimate of drug-likeness (QED) is 0.778. The third kappa shape index (κ3) is 4.29. The Bertz CT molecular complexity index is 614. The fourth-order valence-electron chi connectivity index (χ4n) is 1.79. The van der Waals surface area contributed by atoms with Crippen LogP contribution in [0.15, 0.2) is 47.2 Å². The first-order chi connectivity index (χ1) is 10.1. The maximum absolute atomic E-state index is 12.3. The normalized spacial score (nSPS) is 10.2. The van der Waals surface area contributed by atoms with Crippen molar-refractivity contribution in [3.05, 3.63) is 58.3 Å². The summed E-state index contributed by atoms with van der Waals surface area (Å²) in [5.41, 5.74) is 1.74. The summed E-state index contributed by atoms with van der Waals surface area (Å²) in [5, 5.41) is 0. The van der Waals surface area contributed by atoms with Gasteiger partial charge in [-0.25, -0.2) is 4.98 Å². The summed E-state index contributed by atoms with van der Waals surface area (Å²) < 4.78 is 6.18. The van der Waals surface area contributed by atoms with Crippen LogP contribution in [0.5, 0.6) is 5.75 Å². The molecule has 0 saturated heterocycles. The zero-order chi connectivity index (χ0) is 15.2. The minimum absolute atomic E-state index is 0.0810. The Morgan fingerprint density at radius 1 is 1.29 bits per heavy atom. The van der Waals surface area contributed by atoms with E-state index in [1.54, 1.807) is 30.3 Å². The summed E-state index contributed by atoms with van der Waals surface area (Å²) in [6.07, 6.45) is 1.64. The number of ether oxygens (including phenoxy) is 1. The number of benzene rings is 1. The van der Waals surface area contributed by atoms with Crippen molar-refractivity contribution in [1.82, 2.24) is 9.88 Å². The van der Waals surface area contributed by atoms with Crippen molar-refractivity contribution in [1.29, 1.82) is 0 Å². The largest absolute Gasteiger partial charge is 0.492 e. The van der Waals surface area contributed by atoms with Crippen LogP contribution in [-0.2, 0) is 0 Å². The maximum atomic E-state index is 12.3. The number of likely N-dealkylation sites (N-methyl/N-ethyl adjacent to an activating group) is 1. The highest BCUT2D eigenvalue weighted by Gasteiger charge is 2.14. The molecule has 0 bridgehead atoms. The molecule has 0 aliphatic rings. The van der Waals surface area contributed by atoms with E-state index < -0.39 is 0 Å². The number of aryl methyl sites for hydroxylation is 1. The molecular weight excluding hydrogens is 332 g/mol. The lowest BCUT2D eigenvalue weighted by Crippen LogP contribution is -2.31. The van der Waals surface area contributed by atoms with Crippen molar-refractivity contribution >= 4 is 21.8 Å². The van der Waals surface area contributed by atoms with Crippen molar-refractivity contribution in [2.24, 2.45) is 0 Å². The second-order valence-electron chi connectivity index (χ2n) is 4.73. The number of rotatable bonds is 5. The molecule has 21 heavy (non-hydrogen) atoms. The first-order valence-corrected chi connectivity index (χ1v) is 7.42. The van der Waals surface area contributed by atoms with Gasteiger partial charge in [0.2, 0.25) is 0 Å². The molecule has 1 aromatic heterocycles. The summed E-state index contributed by atoms with van der Waals surface area (Å²) in [4.78, 5) is 17.9. The minimum atomic E-state index is -0.0810. The highest BCUT2D eigenvalue weighted by atomic mass is 79.9. The van der Waals surface area contributed by atoms with E-state index in [0.717, 1.165) is 5.75 Å². The van der Waals surface area contributed by atoms with Crippen molar-refractivity contribution in [3.8, 4) is 5.75 Å². The number of carbonyl (C=O) groups excluding carboxylic acids is 1. The Balaban J connectivity index is 1.87. The first-order valence-electron chi connectivity index (χ1n) is 6.63. The number of hydrogen-bond acceptors (Lipinski definition) is 3. The van der Waals surface area contributed by atoms with E-state index in [-0.39, 0.29) is 5.91 Å². The molecule has 0 unspecified atom stereocenters. The lowest BCUT2D eigenvalue weighted by Gasteiger charge is -2.18. The highest BCUT2D eigenvalue weighted by molar-refractivity contribution is 9.10. The molecule has 1 amide bonds. The van der Waals surface area contributed by atoms with Gasteiger partial charge in [-0.2, -0.15) is 0 Å². The molecule has 2 rings (SSSR count). The molecule has 0 spiro atoms. The standard InChI is InChI=1S/C16H17BrN2O2/c1-12-5-7-13(8-6-12)21-11-10-19(2)16(20)14-4-3-9-18-15(14)17/h3-9H,10-11H2,1-2H3. The van der Waals surface area contributed by atoms with E-state index >= 15 is 0 Å². The third-order valence-electron chi connectivity index (χ3n) is 3.05. The Hall–Kier alpha value is -1.88. The van der Waals surface area contributed by atoms with Crippen molar-refractivity contribution < 1.29 is 9.53 Å². The molecule has 1 aromatic carbocycles. The maximum Gasteiger partial charge on any atom is 0.256 e. The molecule has 0 fully saturated rings. The van der Waals surface area contributed by atoms with E-state index in [9.17, 15) is 4.79 Å². The van der Waals surface area contributed by atoms with Gasteiger partial charge in [-0.05, 0) is 47.1 Å². The Labute approximate surface area is 132 Å². The average molecular weight is 349 g/mol. The van der Waals surface area contributed by atoms with Crippen LogP contribution in [-0.4, -0.2) is 36.0 Å². The second kappa shape index (κ2) is 7.22. The molecule has 1 heterocycles. The number of aromatic nitrogens is 1. The van der Waals surface area contributed by atoms with Crippen LogP contribution in [0.4, 0.5) is 0 Å². The predicted octanol–water partition coefficient (Wildman–Crippen LogP) is 3.30. The van der Waals surface area contributed by atoms with Gasteiger partial charge in [0, 0.05) is 13.2 Å². The molecular formula is C16H17BrN2O2. The highest BCUT2D eigenvalue weighted by Crippen LogP contribution is 2.15. The van der Waals surface area contributed by atoms with E-state index in [1.165, 1.54) is 5.56 Å². The molecule has 0 radical (unpaired) electrons. The van der Waals surface area contributed by atoms with E-state index in [2.05, 4.69) is 20.9 Å². The van der Waals surface area contributed by atoms with Crippen LogP contribution in [0.2, 0.25) is 0 Å². The predicted molar refractivity (Wildman–Crippen MR) is 85.6 cm³/mol. The Morgan fingerprint density at radius 2 is 2.00 bits per heavy atom. The summed E-state index contributed by atoms with van der Waals surface area (Å²) in [5.74, 6) is 0.728. The van der Waals surface area contributed by atoms with Gasteiger partial charge in [0.05, 0.1) is 12.1 Å². The van der Waals surface area contributed by atoms with Crippen LogP contribution in [0, 0.1) is 6.92 Å². The number of pyridine rings is 1. The van der Waals surface area contributed by atoms with E-state index in [4.69, 9.17) is 4.74 Å². The summed E-state index contributed by atoms with van der Waals surface area (Å²) >= 11 is 3.29. The lowest BCUT2D eigenvalue weighted by atomic mass is 10.2. The van der Waals surface area contributed by atoms with Gasteiger partial charge in [-0.3, -0.25) is 4.79 Å². The molecule has 2 aromatic rings. The average Bonchev–Trinajstić information content (AvgIpc) is 2.49. The van der Waals surface area contributed by atoms with Crippen LogP contribution < -0.4 is 4.74 Å². The SMILES string of the molecule is Cc1ccc(OCCN(C)C(=O)c2cccnc2Br)cc1. The van der Waals surface area contributed by atoms with E-state index in [0.29, 0.717) is 23.3 Å². The van der Waals surface area contributed by atoms with Crippen LogP contribution in [0.3, 0.4) is 0 Å². The number of carbonyl (C=O) groups is 1. The molecule has 0 aliphatic heterocycles. The molecule has 0 atom stereocenters. The van der Waals surface area contributed by atoms with Crippen molar-refractivity contribution in [2.75, 3.05) is 20.2 Å². The topological polar surface area (TPSA) is 42.4 Å². The Morgan fingerprint density at radius 3 is 2.67 bits per heavy atom. The molecule has 0 aliphatic carbocycles. The van der Waals surface area contributed by atoms with Gasteiger partial charge in [-0.1, -0.05) is 17.7 Å². The Kier molecular flexibility index (Phi) is 5.33. The smallest absolute Gasteiger partial charge is 0.256 e. The number of amides is 1. The molecule has 5 heteroatoms. The van der Waals surface area contributed by atoms with Crippen molar-refractivity contribution in [2.45, 2.75) is 6.92 Å². The van der Waals surface area contributed by atoms with Gasteiger partial charge < -0.3 is 9.64 Å². The number of halogens is 1. The molecule has 0 N–H and O–H groups in total. The summed E-state index contributed by atoms with van der Waals surface area (Å²) in [6.45, 7) is 2.99. The third-order valence-corrected chi connectivity index (χ3v) is 3.68. The van der Waals surface area contributed by atoms with Crippen molar-refractivity contribution in [3.63, 3.8) is 0 Å². The first kappa shape index (κ1) is 15.5. The summed E-state index contributed by atoms with van der Waals surface area (Å²) in [6, 6.07) is 11.3. The van der Waals surface area contributed by atoms with Gasteiger partial charge in [-0.15, -0.1) is 0 Å². The molecule has 0 saturated carbocycles. The zero-order valence-electron chi connectivity index (χ0n) is 12.0.